The summed E-state index contributed by atoms with van der Waals surface area (Å²) >= 11 is 0. The van der Waals surface area contributed by atoms with Gasteiger partial charge in [-0.3, -0.25) is 4.68 Å². The summed E-state index contributed by atoms with van der Waals surface area (Å²) in [5, 5.41) is 4.54. The van der Waals surface area contributed by atoms with E-state index in [9.17, 15) is 0 Å². The summed E-state index contributed by atoms with van der Waals surface area (Å²) in [6.45, 7) is 2.98. The summed E-state index contributed by atoms with van der Waals surface area (Å²) in [7, 11) is 2.06. The fraction of sp³-hybridized carbons (Fsp3) is 0.786. The van der Waals surface area contributed by atoms with E-state index in [1.165, 1.54) is 43.5 Å². The minimum absolute atomic E-state index is 0.344. The van der Waals surface area contributed by atoms with E-state index in [1.54, 1.807) is 0 Å². The lowest BCUT2D eigenvalue weighted by molar-refractivity contribution is 0.193. The summed E-state index contributed by atoms with van der Waals surface area (Å²) in [5.74, 6) is 0. The van der Waals surface area contributed by atoms with Crippen LogP contribution in [0.15, 0.2) is 6.07 Å². The predicted molar refractivity (Wildman–Crippen MR) is 70.9 cm³/mol. The van der Waals surface area contributed by atoms with Crippen LogP contribution in [0.5, 0.6) is 0 Å². The number of rotatable bonds is 4. The Hall–Kier alpha value is -0.830. The van der Waals surface area contributed by atoms with E-state index in [0.29, 0.717) is 5.41 Å². The summed E-state index contributed by atoms with van der Waals surface area (Å²) in [5.41, 5.74) is 8.95. The van der Waals surface area contributed by atoms with Gasteiger partial charge >= 0.3 is 0 Å². The average molecular weight is 235 g/mol. The molecule has 0 aromatic carbocycles. The summed E-state index contributed by atoms with van der Waals surface area (Å²) < 4.78 is 2.05. The molecule has 1 aliphatic carbocycles. The number of hydrogen-bond acceptors (Lipinski definition) is 2. The van der Waals surface area contributed by atoms with Gasteiger partial charge in [-0.15, -0.1) is 0 Å². The fourth-order valence-corrected chi connectivity index (χ4v) is 3.05. The molecule has 1 heterocycles. The molecule has 0 aliphatic heterocycles. The second-order valence-corrected chi connectivity index (χ2v) is 5.55. The van der Waals surface area contributed by atoms with Crippen LogP contribution in [0.3, 0.4) is 0 Å². The molecule has 0 bridgehead atoms. The number of nitrogens with zero attached hydrogens (tertiary/aromatic N) is 2. The molecule has 0 spiro atoms. The van der Waals surface area contributed by atoms with Gasteiger partial charge in [0.25, 0.3) is 0 Å². The van der Waals surface area contributed by atoms with E-state index in [-0.39, 0.29) is 0 Å². The third-order valence-corrected chi connectivity index (χ3v) is 4.29. The van der Waals surface area contributed by atoms with Gasteiger partial charge in [0.1, 0.15) is 0 Å². The number of aromatic nitrogens is 2. The summed E-state index contributed by atoms with van der Waals surface area (Å²) in [6, 6.07) is 2.26. The summed E-state index contributed by atoms with van der Waals surface area (Å²) in [6.07, 6.45) is 8.77. The molecule has 1 aromatic heterocycles. The largest absolute Gasteiger partial charge is 0.330 e. The molecular weight excluding hydrogens is 210 g/mol. The number of hydrogen-bond donors (Lipinski definition) is 1. The van der Waals surface area contributed by atoms with Gasteiger partial charge in [-0.25, -0.2) is 0 Å². The molecule has 2 N–H and O–H groups in total. The first-order valence-electron chi connectivity index (χ1n) is 6.91. The van der Waals surface area contributed by atoms with Crippen molar-refractivity contribution < 1.29 is 0 Å². The van der Waals surface area contributed by atoms with Gasteiger partial charge in [-0.05, 0) is 43.7 Å². The third kappa shape index (κ3) is 2.71. The Morgan fingerprint density at radius 3 is 2.59 bits per heavy atom. The van der Waals surface area contributed by atoms with Gasteiger partial charge in [0.15, 0.2) is 0 Å². The van der Waals surface area contributed by atoms with Crippen molar-refractivity contribution in [2.45, 2.75) is 51.9 Å². The normalized spacial score (nSPS) is 19.5. The summed E-state index contributed by atoms with van der Waals surface area (Å²) in [4.78, 5) is 0. The van der Waals surface area contributed by atoms with E-state index < -0.39 is 0 Å². The minimum atomic E-state index is 0.344. The maximum atomic E-state index is 6.05. The van der Waals surface area contributed by atoms with Crippen LogP contribution in [0.4, 0.5) is 0 Å². The smallest absolute Gasteiger partial charge is 0.0624 e. The van der Waals surface area contributed by atoms with Crippen LogP contribution in [-0.2, 0) is 19.9 Å². The Balaban J connectivity index is 2.14. The highest BCUT2D eigenvalue weighted by Crippen LogP contribution is 2.38. The van der Waals surface area contributed by atoms with Crippen molar-refractivity contribution >= 4 is 0 Å². The monoisotopic (exact) mass is 235 g/mol. The Morgan fingerprint density at radius 1 is 1.35 bits per heavy atom. The highest BCUT2D eigenvalue weighted by Gasteiger charge is 2.31. The maximum Gasteiger partial charge on any atom is 0.0624 e. The van der Waals surface area contributed by atoms with Crippen molar-refractivity contribution in [1.82, 2.24) is 9.78 Å². The zero-order valence-corrected chi connectivity index (χ0v) is 11.2. The molecule has 0 atom stereocenters. The topological polar surface area (TPSA) is 43.8 Å². The molecule has 3 nitrogen and oxygen atoms in total. The van der Waals surface area contributed by atoms with Gasteiger partial charge in [0.05, 0.1) is 5.69 Å². The zero-order chi connectivity index (χ0) is 12.3. The average Bonchev–Trinajstić information content (AvgIpc) is 2.71. The van der Waals surface area contributed by atoms with Crippen molar-refractivity contribution in [2.24, 2.45) is 18.2 Å². The third-order valence-electron chi connectivity index (χ3n) is 4.29. The highest BCUT2D eigenvalue weighted by atomic mass is 15.3. The van der Waals surface area contributed by atoms with E-state index in [1.807, 2.05) is 4.68 Å². The fourth-order valence-electron chi connectivity index (χ4n) is 3.05. The van der Waals surface area contributed by atoms with Crippen molar-refractivity contribution in [3.8, 4) is 0 Å². The van der Waals surface area contributed by atoms with Crippen LogP contribution in [0.25, 0.3) is 0 Å². The minimum Gasteiger partial charge on any atom is -0.330 e. The van der Waals surface area contributed by atoms with Crippen LogP contribution < -0.4 is 5.73 Å². The predicted octanol–water partition coefficient (Wildman–Crippen LogP) is 2.43. The van der Waals surface area contributed by atoms with Crippen LogP contribution in [0.1, 0.15) is 50.4 Å². The van der Waals surface area contributed by atoms with E-state index >= 15 is 0 Å². The lowest BCUT2D eigenvalue weighted by atomic mass is 9.71. The quantitative estimate of drug-likeness (QED) is 0.871. The lowest BCUT2D eigenvalue weighted by Gasteiger charge is -2.36. The molecule has 0 unspecified atom stereocenters. The molecule has 1 aliphatic rings. The van der Waals surface area contributed by atoms with E-state index in [2.05, 4.69) is 25.1 Å². The first-order valence-corrected chi connectivity index (χ1v) is 6.91. The molecule has 1 saturated carbocycles. The zero-order valence-electron chi connectivity index (χ0n) is 11.2. The molecule has 0 saturated heterocycles. The van der Waals surface area contributed by atoms with E-state index in [4.69, 9.17) is 5.73 Å². The highest BCUT2D eigenvalue weighted by molar-refractivity contribution is 5.12. The van der Waals surface area contributed by atoms with Gasteiger partial charge in [0.2, 0.25) is 0 Å². The van der Waals surface area contributed by atoms with Crippen LogP contribution >= 0.6 is 0 Å². The van der Waals surface area contributed by atoms with Gasteiger partial charge < -0.3 is 5.73 Å². The lowest BCUT2D eigenvalue weighted by Crippen LogP contribution is -2.35. The molecule has 1 fully saturated rings. The first-order chi connectivity index (χ1) is 8.19. The molecular formula is C14H25N3. The second-order valence-electron chi connectivity index (χ2n) is 5.55. The van der Waals surface area contributed by atoms with E-state index in [0.717, 1.165) is 19.4 Å². The standard InChI is InChI=1S/C14H25N3/c1-3-12-9-13(17(2)16-12)10-14(11-15)7-5-4-6-8-14/h9H,3-8,10-11,15H2,1-2H3. The molecule has 17 heavy (non-hydrogen) atoms. The van der Waals surface area contributed by atoms with Crippen LogP contribution in [-0.4, -0.2) is 16.3 Å². The SMILES string of the molecule is CCc1cc(CC2(CN)CCCCC2)n(C)n1. The van der Waals surface area contributed by atoms with Gasteiger partial charge in [-0.2, -0.15) is 5.10 Å². The maximum absolute atomic E-state index is 6.05. The van der Waals surface area contributed by atoms with Crippen LogP contribution in [0.2, 0.25) is 0 Å². The number of nitrogens with two attached hydrogens (primary N) is 1. The molecule has 3 heteroatoms. The van der Waals surface area contributed by atoms with Crippen molar-refractivity contribution in [3.63, 3.8) is 0 Å². The Labute approximate surface area is 104 Å². The van der Waals surface area contributed by atoms with Gasteiger partial charge in [0, 0.05) is 12.7 Å². The van der Waals surface area contributed by atoms with Gasteiger partial charge in [-0.1, -0.05) is 26.2 Å². The number of aryl methyl sites for hydroxylation is 2. The molecule has 2 rings (SSSR count). The Morgan fingerprint density at radius 2 is 2.06 bits per heavy atom. The molecule has 0 amide bonds. The Bertz CT molecular complexity index is 362. The van der Waals surface area contributed by atoms with Crippen LogP contribution in [0, 0.1) is 5.41 Å². The van der Waals surface area contributed by atoms with Crippen molar-refractivity contribution in [1.29, 1.82) is 0 Å². The van der Waals surface area contributed by atoms with Crippen molar-refractivity contribution in [2.75, 3.05) is 6.54 Å². The second kappa shape index (κ2) is 5.21. The molecule has 96 valence electrons. The first kappa shape index (κ1) is 12.6. The van der Waals surface area contributed by atoms with Crippen molar-refractivity contribution in [3.05, 3.63) is 17.5 Å². The molecule has 0 radical (unpaired) electrons. The Kier molecular flexibility index (Phi) is 3.87. The molecule has 1 aromatic rings.